The normalized spacial score (nSPS) is 11.4. The molecule has 0 spiro atoms. The molecule has 3 N–H and O–H groups in total. The molecule has 0 aliphatic carbocycles. The van der Waals surface area contributed by atoms with E-state index in [1.807, 2.05) is 24.3 Å². The summed E-state index contributed by atoms with van der Waals surface area (Å²) in [6.07, 6.45) is 1.45. The molecule has 0 unspecified atom stereocenters. The van der Waals surface area contributed by atoms with Gasteiger partial charge in [0, 0.05) is 11.1 Å². The van der Waals surface area contributed by atoms with Crippen LogP contribution in [0.4, 0.5) is 5.95 Å². The first-order valence-corrected chi connectivity index (χ1v) is 9.02. The smallest absolute Gasteiger partial charge is 0.270 e. The van der Waals surface area contributed by atoms with Crippen LogP contribution in [0.3, 0.4) is 0 Å². The molecule has 3 aromatic rings. The number of rotatable bonds is 4. The summed E-state index contributed by atoms with van der Waals surface area (Å²) >= 11 is 0. The lowest BCUT2D eigenvalue weighted by atomic mass is 9.86. The monoisotopic (exact) mass is 387 g/mol. The van der Waals surface area contributed by atoms with Crippen LogP contribution in [-0.4, -0.2) is 21.3 Å². The second kappa shape index (κ2) is 7.98. The van der Waals surface area contributed by atoms with Crippen LogP contribution in [0.1, 0.15) is 37.5 Å². The van der Waals surface area contributed by atoms with E-state index in [-0.39, 0.29) is 28.4 Å². The molecule has 0 aliphatic rings. The quantitative estimate of drug-likeness (QED) is 0.466. The fraction of sp³-hybridized carbons (Fsp3) is 0.182. The number of phenols is 1. The highest BCUT2D eigenvalue weighted by Crippen LogP contribution is 2.26. The molecule has 0 saturated heterocycles. The van der Waals surface area contributed by atoms with E-state index >= 15 is 0 Å². The lowest BCUT2D eigenvalue weighted by molar-refractivity contribution is 0.473. The summed E-state index contributed by atoms with van der Waals surface area (Å²) in [7, 11) is 0. The molecule has 0 saturated carbocycles. The van der Waals surface area contributed by atoms with Crippen LogP contribution in [-0.2, 0) is 5.41 Å². The Morgan fingerprint density at radius 3 is 2.59 bits per heavy atom. The second-order valence-electron chi connectivity index (χ2n) is 7.51. The van der Waals surface area contributed by atoms with E-state index in [0.29, 0.717) is 11.1 Å². The number of aromatic nitrogens is 2. The van der Waals surface area contributed by atoms with E-state index in [1.165, 1.54) is 6.21 Å². The summed E-state index contributed by atoms with van der Waals surface area (Å²) in [5, 5.41) is 23.5. The number of nitrogens with one attached hydrogen (secondary N) is 2. The second-order valence-corrected chi connectivity index (χ2v) is 7.51. The number of hydrazone groups is 1. The third-order valence-electron chi connectivity index (χ3n) is 4.35. The van der Waals surface area contributed by atoms with Crippen molar-refractivity contribution in [2.24, 2.45) is 5.10 Å². The van der Waals surface area contributed by atoms with Gasteiger partial charge in [-0.1, -0.05) is 57.2 Å². The van der Waals surface area contributed by atoms with Crippen LogP contribution in [0.2, 0.25) is 0 Å². The number of hydrogen-bond donors (Lipinski definition) is 3. The lowest BCUT2D eigenvalue weighted by Gasteiger charge is -2.19. The third-order valence-corrected chi connectivity index (χ3v) is 4.35. The molecule has 0 fully saturated rings. The lowest BCUT2D eigenvalue weighted by Crippen LogP contribution is -2.16. The first-order valence-electron chi connectivity index (χ1n) is 9.02. The van der Waals surface area contributed by atoms with Crippen molar-refractivity contribution >= 4 is 12.2 Å². The number of aromatic hydroxyl groups is 1. The molecule has 0 bridgehead atoms. The average molecular weight is 387 g/mol. The molecule has 0 aliphatic heterocycles. The van der Waals surface area contributed by atoms with E-state index in [2.05, 4.69) is 41.3 Å². The summed E-state index contributed by atoms with van der Waals surface area (Å²) in [6, 6.07) is 16.2. The van der Waals surface area contributed by atoms with Crippen molar-refractivity contribution in [3.05, 3.63) is 75.6 Å². The fourth-order valence-corrected chi connectivity index (χ4v) is 2.72. The zero-order valence-corrected chi connectivity index (χ0v) is 16.4. The number of aromatic amines is 1. The van der Waals surface area contributed by atoms with Gasteiger partial charge in [-0.25, -0.2) is 10.4 Å². The van der Waals surface area contributed by atoms with E-state index in [1.54, 1.807) is 30.3 Å². The van der Waals surface area contributed by atoms with Gasteiger partial charge in [0.1, 0.15) is 17.4 Å². The van der Waals surface area contributed by atoms with E-state index in [0.717, 1.165) is 5.56 Å². The highest BCUT2D eigenvalue weighted by Gasteiger charge is 2.15. The highest BCUT2D eigenvalue weighted by molar-refractivity contribution is 5.84. The average Bonchev–Trinajstić information content (AvgIpc) is 2.69. The summed E-state index contributed by atoms with van der Waals surface area (Å²) in [5.41, 5.74) is 4.46. The first kappa shape index (κ1) is 19.8. The predicted octanol–water partition coefficient (Wildman–Crippen LogP) is 3.76. The van der Waals surface area contributed by atoms with Gasteiger partial charge >= 0.3 is 0 Å². The van der Waals surface area contributed by atoms with Crippen molar-refractivity contribution in [3.8, 4) is 23.1 Å². The number of nitrogens with zero attached hydrogens (tertiary/aromatic N) is 3. The Bertz CT molecular complexity index is 1150. The Hall–Kier alpha value is -3.92. The summed E-state index contributed by atoms with van der Waals surface area (Å²) in [6.45, 7) is 6.24. The SMILES string of the molecule is CC(C)(C)c1ccc(O)c(C=NNc2nc(-c3ccccc3)c(C#N)c(=O)[nH]2)c1. The maximum atomic E-state index is 12.3. The molecule has 2 aromatic carbocycles. The van der Waals surface area contributed by atoms with E-state index in [9.17, 15) is 15.2 Å². The molecular weight excluding hydrogens is 366 g/mol. The standard InChI is InChI=1S/C22H21N5O2/c1-22(2,3)16-9-10-18(28)15(11-16)13-24-27-21-25-19(14-7-5-4-6-8-14)17(12-23)20(29)26-21/h4-11,13,28H,1-3H3,(H2,25,26,27,29). The van der Waals surface area contributed by atoms with Crippen LogP contribution < -0.4 is 11.0 Å². The Morgan fingerprint density at radius 1 is 1.21 bits per heavy atom. The Morgan fingerprint density at radius 2 is 1.93 bits per heavy atom. The van der Waals surface area contributed by atoms with Gasteiger partial charge in [-0.3, -0.25) is 9.78 Å². The van der Waals surface area contributed by atoms with Crippen molar-refractivity contribution in [3.63, 3.8) is 0 Å². The Kier molecular flexibility index (Phi) is 5.46. The summed E-state index contributed by atoms with van der Waals surface area (Å²) in [4.78, 5) is 19.1. The van der Waals surface area contributed by atoms with Gasteiger partial charge in [0.25, 0.3) is 5.56 Å². The number of benzene rings is 2. The number of anilines is 1. The van der Waals surface area contributed by atoms with Gasteiger partial charge < -0.3 is 5.11 Å². The minimum absolute atomic E-state index is 0.0683. The molecule has 1 aromatic heterocycles. The van der Waals surface area contributed by atoms with E-state index in [4.69, 9.17) is 0 Å². The first-order chi connectivity index (χ1) is 13.8. The Labute approximate surface area is 168 Å². The Balaban J connectivity index is 1.92. The molecule has 146 valence electrons. The third kappa shape index (κ3) is 4.50. The highest BCUT2D eigenvalue weighted by atomic mass is 16.3. The molecular formula is C22H21N5O2. The van der Waals surface area contributed by atoms with E-state index < -0.39 is 5.56 Å². The van der Waals surface area contributed by atoms with Gasteiger partial charge in [0.2, 0.25) is 5.95 Å². The molecule has 29 heavy (non-hydrogen) atoms. The van der Waals surface area contributed by atoms with Crippen LogP contribution in [0.15, 0.2) is 58.4 Å². The minimum atomic E-state index is -0.559. The van der Waals surface area contributed by atoms with Crippen LogP contribution in [0.25, 0.3) is 11.3 Å². The fourth-order valence-electron chi connectivity index (χ4n) is 2.72. The van der Waals surface area contributed by atoms with Crippen molar-refractivity contribution in [1.29, 1.82) is 5.26 Å². The van der Waals surface area contributed by atoms with Crippen LogP contribution in [0.5, 0.6) is 5.75 Å². The van der Waals surface area contributed by atoms with Crippen LogP contribution in [0, 0.1) is 11.3 Å². The van der Waals surface area contributed by atoms with Gasteiger partial charge in [0.05, 0.1) is 11.9 Å². The maximum Gasteiger partial charge on any atom is 0.270 e. The summed E-state index contributed by atoms with van der Waals surface area (Å²) in [5.74, 6) is 0.186. The van der Waals surface area contributed by atoms with Crippen molar-refractivity contribution in [2.45, 2.75) is 26.2 Å². The number of nitriles is 1. The summed E-state index contributed by atoms with van der Waals surface area (Å²) < 4.78 is 0. The van der Waals surface area contributed by atoms with Crippen molar-refractivity contribution < 1.29 is 5.11 Å². The number of H-pyrrole nitrogens is 1. The molecule has 1 heterocycles. The molecule has 3 rings (SSSR count). The predicted molar refractivity (Wildman–Crippen MR) is 113 cm³/mol. The molecule has 0 radical (unpaired) electrons. The van der Waals surface area contributed by atoms with Crippen LogP contribution >= 0.6 is 0 Å². The van der Waals surface area contributed by atoms with Gasteiger partial charge in [0.15, 0.2) is 0 Å². The number of hydrogen-bond acceptors (Lipinski definition) is 6. The maximum absolute atomic E-state index is 12.3. The zero-order chi connectivity index (χ0) is 21.0. The topological polar surface area (TPSA) is 114 Å². The molecule has 7 heteroatoms. The van der Waals surface area contributed by atoms with Gasteiger partial charge in [-0.15, -0.1) is 0 Å². The minimum Gasteiger partial charge on any atom is -0.507 e. The largest absolute Gasteiger partial charge is 0.507 e. The molecule has 0 amide bonds. The van der Waals surface area contributed by atoms with Crippen molar-refractivity contribution in [2.75, 3.05) is 5.43 Å². The molecule has 0 atom stereocenters. The number of phenolic OH excluding ortho intramolecular Hbond substituents is 1. The van der Waals surface area contributed by atoms with Gasteiger partial charge in [-0.2, -0.15) is 10.4 Å². The van der Waals surface area contributed by atoms with Gasteiger partial charge in [-0.05, 0) is 23.1 Å². The zero-order valence-electron chi connectivity index (χ0n) is 16.4. The van der Waals surface area contributed by atoms with Crippen molar-refractivity contribution in [1.82, 2.24) is 9.97 Å². The molecule has 7 nitrogen and oxygen atoms in total.